The van der Waals surface area contributed by atoms with Gasteiger partial charge in [0, 0.05) is 16.1 Å². The minimum atomic E-state index is -0.820. The number of halogens is 1. The molecule has 1 amide bonds. The molecule has 0 spiro atoms. The van der Waals surface area contributed by atoms with Crippen LogP contribution in [0.1, 0.15) is 36.0 Å². The summed E-state index contributed by atoms with van der Waals surface area (Å²) < 4.78 is 0.832. The smallest absolute Gasteiger partial charge is 0.308 e. The monoisotopic (exact) mass is 325 g/mol. The third-order valence-electron chi connectivity index (χ3n) is 3.49. The molecule has 0 heterocycles. The Labute approximate surface area is 120 Å². The van der Waals surface area contributed by atoms with Gasteiger partial charge in [-0.3, -0.25) is 9.59 Å². The number of rotatable bonds is 3. The Morgan fingerprint density at radius 3 is 2.68 bits per heavy atom. The van der Waals surface area contributed by atoms with E-state index in [9.17, 15) is 14.7 Å². The van der Waals surface area contributed by atoms with Crippen LogP contribution in [0.4, 0.5) is 0 Å². The summed E-state index contributed by atoms with van der Waals surface area (Å²) in [5.74, 6) is -1.50. The molecule has 1 fully saturated rings. The topological polar surface area (TPSA) is 66.4 Å². The van der Waals surface area contributed by atoms with Crippen molar-refractivity contribution in [3.63, 3.8) is 0 Å². The summed E-state index contributed by atoms with van der Waals surface area (Å²) in [5.41, 5.74) is 0.545. The number of hydrogen-bond donors (Lipinski definition) is 2. The fourth-order valence-corrected chi connectivity index (χ4v) is 2.88. The summed E-state index contributed by atoms with van der Waals surface area (Å²) in [5, 5.41) is 12.0. The zero-order chi connectivity index (χ0) is 13.8. The van der Waals surface area contributed by atoms with E-state index in [2.05, 4.69) is 21.2 Å². The molecule has 102 valence electrons. The van der Waals surface area contributed by atoms with Crippen molar-refractivity contribution in [3.05, 3.63) is 34.3 Å². The average Bonchev–Trinajstić information content (AvgIpc) is 2.39. The number of carboxylic acid groups (broad SMARTS) is 1. The maximum Gasteiger partial charge on any atom is 0.308 e. The summed E-state index contributed by atoms with van der Waals surface area (Å²) in [4.78, 5) is 23.3. The molecule has 1 aliphatic rings. The predicted molar refractivity (Wildman–Crippen MR) is 75.0 cm³/mol. The van der Waals surface area contributed by atoms with Gasteiger partial charge in [0.05, 0.1) is 5.92 Å². The van der Waals surface area contributed by atoms with Crippen molar-refractivity contribution in [2.75, 3.05) is 0 Å². The van der Waals surface area contributed by atoms with Crippen molar-refractivity contribution < 1.29 is 14.7 Å². The van der Waals surface area contributed by atoms with Gasteiger partial charge in [0.25, 0.3) is 5.91 Å². The molecule has 1 aromatic carbocycles. The number of carboxylic acids is 1. The lowest BCUT2D eigenvalue weighted by Gasteiger charge is -2.29. The van der Waals surface area contributed by atoms with Crippen LogP contribution in [-0.4, -0.2) is 23.0 Å². The van der Waals surface area contributed by atoms with E-state index >= 15 is 0 Å². The van der Waals surface area contributed by atoms with Gasteiger partial charge in [-0.15, -0.1) is 0 Å². The number of amides is 1. The quantitative estimate of drug-likeness (QED) is 0.898. The number of carbonyl (C=O) groups is 2. The second-order valence-corrected chi connectivity index (χ2v) is 5.74. The van der Waals surface area contributed by atoms with Crippen LogP contribution in [-0.2, 0) is 4.79 Å². The lowest BCUT2D eigenvalue weighted by Crippen LogP contribution is -2.45. The molecule has 4 nitrogen and oxygen atoms in total. The Bertz CT molecular complexity index is 489. The van der Waals surface area contributed by atoms with Gasteiger partial charge in [0.1, 0.15) is 0 Å². The molecular weight excluding hydrogens is 310 g/mol. The SMILES string of the molecule is O=C(NC1CCCCC1C(=O)O)c1cccc(Br)c1. The first-order valence-corrected chi connectivity index (χ1v) is 7.16. The molecular formula is C14H16BrNO3. The van der Waals surface area contributed by atoms with Crippen LogP contribution in [0.15, 0.2) is 28.7 Å². The zero-order valence-corrected chi connectivity index (χ0v) is 12.0. The maximum atomic E-state index is 12.1. The number of carbonyl (C=O) groups excluding carboxylic acids is 1. The molecule has 1 aromatic rings. The molecule has 1 aliphatic carbocycles. The molecule has 19 heavy (non-hydrogen) atoms. The number of hydrogen-bond acceptors (Lipinski definition) is 2. The van der Waals surface area contributed by atoms with Gasteiger partial charge < -0.3 is 10.4 Å². The molecule has 2 unspecified atom stereocenters. The van der Waals surface area contributed by atoms with Crippen LogP contribution < -0.4 is 5.32 Å². The second kappa shape index (κ2) is 6.19. The highest BCUT2D eigenvalue weighted by molar-refractivity contribution is 9.10. The van der Waals surface area contributed by atoms with E-state index in [-0.39, 0.29) is 11.9 Å². The van der Waals surface area contributed by atoms with Crippen LogP contribution in [0.5, 0.6) is 0 Å². The predicted octanol–water partition coefficient (Wildman–Crippen LogP) is 2.82. The van der Waals surface area contributed by atoms with Crippen molar-refractivity contribution in [2.24, 2.45) is 5.92 Å². The Morgan fingerprint density at radius 2 is 2.00 bits per heavy atom. The summed E-state index contributed by atoms with van der Waals surface area (Å²) >= 11 is 3.32. The molecule has 0 aliphatic heterocycles. The van der Waals surface area contributed by atoms with E-state index in [1.165, 1.54) is 0 Å². The molecule has 0 aromatic heterocycles. The minimum absolute atomic E-state index is 0.209. The largest absolute Gasteiger partial charge is 0.481 e. The highest BCUT2D eigenvalue weighted by Crippen LogP contribution is 2.25. The highest BCUT2D eigenvalue weighted by Gasteiger charge is 2.31. The molecule has 1 saturated carbocycles. The van der Waals surface area contributed by atoms with Gasteiger partial charge in [-0.1, -0.05) is 34.8 Å². The number of benzene rings is 1. The number of nitrogens with one attached hydrogen (secondary N) is 1. The van der Waals surface area contributed by atoms with Crippen LogP contribution in [0, 0.1) is 5.92 Å². The summed E-state index contributed by atoms with van der Waals surface area (Å²) in [6.45, 7) is 0. The first-order valence-electron chi connectivity index (χ1n) is 6.37. The van der Waals surface area contributed by atoms with E-state index in [0.717, 1.165) is 23.7 Å². The van der Waals surface area contributed by atoms with E-state index < -0.39 is 11.9 Å². The molecule has 0 saturated heterocycles. The third kappa shape index (κ3) is 3.56. The fourth-order valence-electron chi connectivity index (χ4n) is 2.48. The standard InChI is InChI=1S/C14H16BrNO3/c15-10-5-3-4-9(8-10)13(17)16-12-7-2-1-6-11(12)14(18)19/h3-5,8,11-12H,1-2,6-7H2,(H,16,17)(H,18,19). The van der Waals surface area contributed by atoms with Crippen molar-refractivity contribution in [1.82, 2.24) is 5.32 Å². The summed E-state index contributed by atoms with van der Waals surface area (Å²) in [6, 6.07) is 6.82. The fraction of sp³-hybridized carbons (Fsp3) is 0.429. The van der Waals surface area contributed by atoms with Gasteiger partial charge in [0.2, 0.25) is 0 Å². The molecule has 2 N–H and O–H groups in total. The highest BCUT2D eigenvalue weighted by atomic mass is 79.9. The van der Waals surface area contributed by atoms with E-state index in [0.29, 0.717) is 12.0 Å². The average molecular weight is 326 g/mol. The Morgan fingerprint density at radius 1 is 1.26 bits per heavy atom. The Balaban J connectivity index is 2.07. The first-order chi connectivity index (χ1) is 9.08. The van der Waals surface area contributed by atoms with Crippen molar-refractivity contribution in [1.29, 1.82) is 0 Å². The second-order valence-electron chi connectivity index (χ2n) is 4.82. The van der Waals surface area contributed by atoms with Crippen molar-refractivity contribution in [3.8, 4) is 0 Å². The van der Waals surface area contributed by atoms with E-state index in [1.807, 2.05) is 6.07 Å². The zero-order valence-electron chi connectivity index (χ0n) is 10.4. The van der Waals surface area contributed by atoms with Crippen molar-refractivity contribution >= 4 is 27.8 Å². The van der Waals surface area contributed by atoms with Crippen LogP contribution in [0.3, 0.4) is 0 Å². The van der Waals surface area contributed by atoms with Crippen LogP contribution in [0.2, 0.25) is 0 Å². The van der Waals surface area contributed by atoms with Crippen molar-refractivity contribution in [2.45, 2.75) is 31.7 Å². The van der Waals surface area contributed by atoms with Crippen LogP contribution in [0.25, 0.3) is 0 Å². The van der Waals surface area contributed by atoms with Gasteiger partial charge in [-0.05, 0) is 31.0 Å². The Hall–Kier alpha value is -1.36. The Kier molecular flexibility index (Phi) is 4.58. The minimum Gasteiger partial charge on any atom is -0.481 e. The van der Waals surface area contributed by atoms with Gasteiger partial charge in [-0.2, -0.15) is 0 Å². The lowest BCUT2D eigenvalue weighted by atomic mass is 9.84. The summed E-state index contributed by atoms with van der Waals surface area (Å²) in [6.07, 6.45) is 3.25. The maximum absolute atomic E-state index is 12.1. The molecule has 2 rings (SSSR count). The van der Waals surface area contributed by atoms with Gasteiger partial charge >= 0.3 is 5.97 Å². The lowest BCUT2D eigenvalue weighted by molar-refractivity contribution is -0.143. The van der Waals surface area contributed by atoms with Gasteiger partial charge in [0.15, 0.2) is 0 Å². The first kappa shape index (κ1) is 14.1. The molecule has 0 bridgehead atoms. The molecule has 0 radical (unpaired) electrons. The van der Waals surface area contributed by atoms with E-state index in [1.54, 1.807) is 18.2 Å². The summed E-state index contributed by atoms with van der Waals surface area (Å²) in [7, 11) is 0. The van der Waals surface area contributed by atoms with Gasteiger partial charge in [-0.25, -0.2) is 0 Å². The number of aliphatic carboxylic acids is 1. The molecule has 5 heteroatoms. The normalized spacial score (nSPS) is 22.8. The third-order valence-corrected chi connectivity index (χ3v) is 3.98. The molecule has 2 atom stereocenters. The van der Waals surface area contributed by atoms with Crippen LogP contribution >= 0.6 is 15.9 Å². The van der Waals surface area contributed by atoms with E-state index in [4.69, 9.17) is 0 Å².